The predicted molar refractivity (Wildman–Crippen MR) is 100 cm³/mol. The third-order valence-corrected chi connectivity index (χ3v) is 4.09. The Hall–Kier alpha value is -2.04. The first-order valence-electron chi connectivity index (χ1n) is 8.42. The van der Waals surface area contributed by atoms with Crippen LogP contribution in [0, 0.1) is 6.92 Å². The molecule has 0 aromatic heterocycles. The Morgan fingerprint density at radius 2 is 1.92 bits per heavy atom. The van der Waals surface area contributed by atoms with Crippen LogP contribution in [0.3, 0.4) is 0 Å². The summed E-state index contributed by atoms with van der Waals surface area (Å²) in [6, 6.07) is 15.3. The van der Waals surface area contributed by atoms with E-state index in [9.17, 15) is 9.90 Å². The summed E-state index contributed by atoms with van der Waals surface area (Å²) in [5.41, 5.74) is 2.17. The molecule has 134 valence electrons. The molecule has 2 aromatic carbocycles. The Morgan fingerprint density at radius 1 is 1.20 bits per heavy atom. The van der Waals surface area contributed by atoms with Crippen LogP contribution in [0.15, 0.2) is 48.5 Å². The zero-order valence-electron chi connectivity index (χ0n) is 14.4. The number of amides is 1. The van der Waals surface area contributed by atoms with E-state index in [0.29, 0.717) is 11.4 Å². The van der Waals surface area contributed by atoms with Gasteiger partial charge in [0.2, 0.25) is 5.91 Å². The lowest BCUT2D eigenvalue weighted by molar-refractivity contribution is -0.121. The van der Waals surface area contributed by atoms with Gasteiger partial charge in [0.15, 0.2) is 0 Å². The van der Waals surface area contributed by atoms with Gasteiger partial charge in [0.05, 0.1) is 0 Å². The van der Waals surface area contributed by atoms with Gasteiger partial charge in [-0.05, 0) is 49.1 Å². The van der Waals surface area contributed by atoms with E-state index in [1.54, 1.807) is 0 Å². The highest BCUT2D eigenvalue weighted by Crippen LogP contribution is 2.16. The Morgan fingerprint density at radius 3 is 2.64 bits per heavy atom. The molecule has 0 radical (unpaired) electrons. The molecule has 0 spiro atoms. The van der Waals surface area contributed by atoms with Gasteiger partial charge in [-0.25, -0.2) is 0 Å². The van der Waals surface area contributed by atoms with E-state index in [4.69, 9.17) is 16.3 Å². The fraction of sp³-hybridized carbons (Fsp3) is 0.350. The Kier molecular flexibility index (Phi) is 7.76. The second kappa shape index (κ2) is 10.1. The summed E-state index contributed by atoms with van der Waals surface area (Å²) < 4.78 is 5.57. The van der Waals surface area contributed by atoms with Crippen LogP contribution in [0.2, 0.25) is 5.02 Å². The van der Waals surface area contributed by atoms with Gasteiger partial charge in [-0.1, -0.05) is 41.9 Å². The lowest BCUT2D eigenvalue weighted by Crippen LogP contribution is -2.35. The van der Waals surface area contributed by atoms with Gasteiger partial charge in [0.25, 0.3) is 0 Å². The van der Waals surface area contributed by atoms with Crippen molar-refractivity contribution in [3.8, 4) is 5.75 Å². The summed E-state index contributed by atoms with van der Waals surface area (Å²) in [4.78, 5) is 11.8. The van der Waals surface area contributed by atoms with Gasteiger partial charge >= 0.3 is 0 Å². The molecule has 0 saturated carbocycles. The summed E-state index contributed by atoms with van der Waals surface area (Å²) in [5, 5.41) is 13.4. The van der Waals surface area contributed by atoms with E-state index in [-0.39, 0.29) is 19.1 Å². The highest BCUT2D eigenvalue weighted by molar-refractivity contribution is 6.30. The summed E-state index contributed by atoms with van der Waals surface area (Å²) in [6.07, 6.45) is 1.26. The van der Waals surface area contributed by atoms with Gasteiger partial charge in [-0.3, -0.25) is 4.79 Å². The highest BCUT2D eigenvalue weighted by Gasteiger charge is 2.09. The minimum Gasteiger partial charge on any atom is -0.491 e. The van der Waals surface area contributed by atoms with Crippen LogP contribution >= 0.6 is 11.6 Å². The smallest absolute Gasteiger partial charge is 0.220 e. The number of aliphatic hydroxyl groups excluding tert-OH is 1. The van der Waals surface area contributed by atoms with Crippen LogP contribution in [-0.4, -0.2) is 30.3 Å². The van der Waals surface area contributed by atoms with Crippen molar-refractivity contribution in [3.05, 3.63) is 64.7 Å². The first-order chi connectivity index (χ1) is 12.0. The fourth-order valence-electron chi connectivity index (χ4n) is 2.39. The second-order valence-electron chi connectivity index (χ2n) is 6.01. The lowest BCUT2D eigenvalue weighted by atomic mass is 10.1. The fourth-order valence-corrected chi connectivity index (χ4v) is 2.51. The number of rotatable bonds is 9. The molecule has 0 aliphatic rings. The molecule has 25 heavy (non-hydrogen) atoms. The molecule has 1 unspecified atom stereocenters. The maximum absolute atomic E-state index is 11.8. The molecule has 2 N–H and O–H groups in total. The monoisotopic (exact) mass is 361 g/mol. The molecular formula is C20H24ClNO3. The maximum Gasteiger partial charge on any atom is 0.220 e. The van der Waals surface area contributed by atoms with Crippen molar-refractivity contribution in [1.82, 2.24) is 5.32 Å². The summed E-state index contributed by atoms with van der Waals surface area (Å²) in [7, 11) is 0. The number of halogens is 1. The van der Waals surface area contributed by atoms with Gasteiger partial charge in [-0.2, -0.15) is 0 Å². The van der Waals surface area contributed by atoms with Crippen LogP contribution in [0.4, 0.5) is 0 Å². The van der Waals surface area contributed by atoms with E-state index in [1.165, 1.54) is 0 Å². The van der Waals surface area contributed by atoms with E-state index in [0.717, 1.165) is 29.7 Å². The number of nitrogens with one attached hydrogen (secondary N) is 1. The summed E-state index contributed by atoms with van der Waals surface area (Å²) in [6.45, 7) is 2.28. The first kappa shape index (κ1) is 19.3. The molecule has 0 aliphatic carbocycles. The van der Waals surface area contributed by atoms with Crippen LogP contribution in [0.25, 0.3) is 0 Å². The topological polar surface area (TPSA) is 58.6 Å². The van der Waals surface area contributed by atoms with Crippen molar-refractivity contribution in [2.75, 3.05) is 13.2 Å². The number of para-hydroxylation sites is 1. The number of carbonyl (C=O) groups is 1. The molecule has 0 heterocycles. The van der Waals surface area contributed by atoms with Crippen molar-refractivity contribution >= 4 is 17.5 Å². The number of carbonyl (C=O) groups excluding carboxylic acids is 1. The van der Waals surface area contributed by atoms with Crippen molar-refractivity contribution in [3.63, 3.8) is 0 Å². The minimum atomic E-state index is -0.736. The molecule has 4 nitrogen and oxygen atoms in total. The maximum atomic E-state index is 11.8. The second-order valence-corrected chi connectivity index (χ2v) is 6.45. The van der Waals surface area contributed by atoms with Crippen molar-refractivity contribution in [1.29, 1.82) is 0 Å². The Balaban J connectivity index is 1.60. The molecule has 2 rings (SSSR count). The van der Waals surface area contributed by atoms with Crippen LogP contribution < -0.4 is 10.1 Å². The standard InChI is InChI=1S/C20H24ClNO3/c1-15-5-2-3-7-19(15)25-14-18(23)13-22-20(24)8-4-6-16-9-11-17(21)12-10-16/h2-3,5,7,9-12,18,23H,4,6,8,13-14H2,1H3,(H,22,24). The van der Waals surface area contributed by atoms with Gasteiger partial charge in [0.1, 0.15) is 18.5 Å². The van der Waals surface area contributed by atoms with Crippen molar-refractivity contribution in [2.45, 2.75) is 32.3 Å². The van der Waals surface area contributed by atoms with Gasteiger partial charge in [-0.15, -0.1) is 0 Å². The van der Waals surface area contributed by atoms with Crippen LogP contribution in [-0.2, 0) is 11.2 Å². The number of aliphatic hydroxyl groups is 1. The van der Waals surface area contributed by atoms with Gasteiger partial charge in [0, 0.05) is 18.0 Å². The molecular weight excluding hydrogens is 338 g/mol. The zero-order chi connectivity index (χ0) is 18.1. The molecule has 0 saturated heterocycles. The van der Waals surface area contributed by atoms with E-state index in [1.807, 2.05) is 55.5 Å². The summed E-state index contributed by atoms with van der Waals surface area (Å²) >= 11 is 5.84. The van der Waals surface area contributed by atoms with Crippen molar-refractivity contribution in [2.24, 2.45) is 0 Å². The van der Waals surface area contributed by atoms with E-state index in [2.05, 4.69) is 5.32 Å². The molecule has 1 amide bonds. The average Bonchev–Trinajstić information content (AvgIpc) is 2.61. The lowest BCUT2D eigenvalue weighted by Gasteiger charge is -2.14. The summed E-state index contributed by atoms with van der Waals surface area (Å²) in [5.74, 6) is 0.680. The molecule has 2 aromatic rings. The number of benzene rings is 2. The Bertz CT molecular complexity index is 673. The van der Waals surface area contributed by atoms with E-state index < -0.39 is 6.10 Å². The van der Waals surface area contributed by atoms with E-state index >= 15 is 0 Å². The molecule has 1 atom stereocenters. The zero-order valence-corrected chi connectivity index (χ0v) is 15.1. The first-order valence-corrected chi connectivity index (χ1v) is 8.80. The third-order valence-electron chi connectivity index (χ3n) is 3.84. The third kappa shape index (κ3) is 7.16. The molecule has 0 bridgehead atoms. The van der Waals surface area contributed by atoms with Crippen LogP contribution in [0.1, 0.15) is 24.0 Å². The number of ether oxygens (including phenoxy) is 1. The van der Waals surface area contributed by atoms with Crippen molar-refractivity contribution < 1.29 is 14.6 Å². The number of aryl methyl sites for hydroxylation is 2. The normalized spacial score (nSPS) is 11.8. The molecule has 5 heteroatoms. The van der Waals surface area contributed by atoms with Crippen LogP contribution in [0.5, 0.6) is 5.75 Å². The average molecular weight is 362 g/mol. The minimum absolute atomic E-state index is 0.0658. The molecule has 0 aliphatic heterocycles. The Labute approximate surface area is 153 Å². The highest BCUT2D eigenvalue weighted by atomic mass is 35.5. The molecule has 0 fully saturated rings. The van der Waals surface area contributed by atoms with Gasteiger partial charge < -0.3 is 15.2 Å². The quantitative estimate of drug-likeness (QED) is 0.718. The number of hydrogen-bond donors (Lipinski definition) is 2. The largest absolute Gasteiger partial charge is 0.491 e. The number of hydrogen-bond acceptors (Lipinski definition) is 3. The SMILES string of the molecule is Cc1ccccc1OCC(O)CNC(=O)CCCc1ccc(Cl)cc1. The predicted octanol–water partition coefficient (Wildman–Crippen LogP) is 3.53.